The van der Waals surface area contributed by atoms with Crippen LogP contribution in [0.5, 0.6) is 0 Å². The second kappa shape index (κ2) is 7.71. The number of halogens is 1. The lowest BCUT2D eigenvalue weighted by Crippen LogP contribution is -2.47. The number of rotatable bonds is 3. The Morgan fingerprint density at radius 2 is 2.17 bits per heavy atom. The van der Waals surface area contributed by atoms with Gasteiger partial charge in [0.2, 0.25) is 0 Å². The third-order valence-corrected chi connectivity index (χ3v) is 4.65. The molecule has 2 rings (SSSR count). The standard InChI is InChI=1S/C16H24ClN3O2S/c1-11-9-13(17)19-14(18-11)23-10-12-7-5-6-8-20(12)15(21)22-16(2,3)4/h9,12H,5-8,10H2,1-4H3/t12-/m1/s1. The maximum Gasteiger partial charge on any atom is 0.410 e. The number of hydrogen-bond acceptors (Lipinski definition) is 5. The largest absolute Gasteiger partial charge is 0.444 e. The summed E-state index contributed by atoms with van der Waals surface area (Å²) in [5.74, 6) is 0.749. The molecule has 0 N–H and O–H groups in total. The van der Waals surface area contributed by atoms with Crippen LogP contribution in [-0.4, -0.2) is 44.9 Å². The number of likely N-dealkylation sites (tertiary alicyclic amines) is 1. The first-order valence-corrected chi connectivity index (χ1v) is 9.24. The van der Waals surface area contributed by atoms with E-state index in [0.29, 0.717) is 10.3 Å². The summed E-state index contributed by atoms with van der Waals surface area (Å²) in [7, 11) is 0. The lowest BCUT2D eigenvalue weighted by Gasteiger charge is -2.36. The Hall–Kier alpha value is -1.01. The minimum absolute atomic E-state index is 0.145. The van der Waals surface area contributed by atoms with Crippen LogP contribution in [0.1, 0.15) is 45.7 Å². The van der Waals surface area contributed by atoms with E-state index in [1.165, 1.54) is 11.8 Å². The molecule has 0 radical (unpaired) electrons. The third kappa shape index (κ3) is 5.84. The van der Waals surface area contributed by atoms with E-state index in [-0.39, 0.29) is 12.1 Å². The molecule has 1 amide bonds. The Kier molecular flexibility index (Phi) is 6.14. The number of hydrogen-bond donors (Lipinski definition) is 0. The van der Waals surface area contributed by atoms with Crippen molar-refractivity contribution in [3.05, 3.63) is 16.9 Å². The lowest BCUT2D eigenvalue weighted by atomic mass is 10.0. The summed E-state index contributed by atoms with van der Waals surface area (Å²) in [6.07, 6.45) is 2.89. The Morgan fingerprint density at radius 3 is 2.83 bits per heavy atom. The summed E-state index contributed by atoms with van der Waals surface area (Å²) < 4.78 is 5.52. The molecule has 1 aliphatic heterocycles. The molecule has 23 heavy (non-hydrogen) atoms. The highest BCUT2D eigenvalue weighted by molar-refractivity contribution is 7.99. The molecule has 1 atom stereocenters. The number of ether oxygens (including phenoxy) is 1. The van der Waals surface area contributed by atoms with Crippen molar-refractivity contribution < 1.29 is 9.53 Å². The molecular formula is C16H24ClN3O2S. The predicted octanol–water partition coefficient (Wildman–Crippen LogP) is 4.32. The average molecular weight is 358 g/mol. The summed E-state index contributed by atoms with van der Waals surface area (Å²) in [4.78, 5) is 22.8. The molecule has 0 saturated carbocycles. The smallest absolute Gasteiger partial charge is 0.410 e. The van der Waals surface area contributed by atoms with E-state index < -0.39 is 5.60 Å². The number of carbonyl (C=O) groups is 1. The molecular weight excluding hydrogens is 334 g/mol. The van der Waals surface area contributed by atoms with Crippen molar-refractivity contribution in [2.24, 2.45) is 0 Å². The second-order valence-corrected chi connectivity index (χ2v) is 8.12. The van der Waals surface area contributed by atoms with Crippen molar-refractivity contribution in [1.29, 1.82) is 0 Å². The Balaban J connectivity index is 1.99. The fourth-order valence-electron chi connectivity index (χ4n) is 2.47. The Morgan fingerprint density at radius 1 is 1.43 bits per heavy atom. The van der Waals surface area contributed by atoms with Gasteiger partial charge in [-0.05, 0) is 53.0 Å². The van der Waals surface area contributed by atoms with Crippen LogP contribution in [0, 0.1) is 6.92 Å². The SMILES string of the molecule is Cc1cc(Cl)nc(SC[C@H]2CCCCN2C(=O)OC(C)(C)C)n1. The number of aryl methyl sites for hydroxylation is 1. The number of nitrogens with zero attached hydrogens (tertiary/aromatic N) is 3. The monoisotopic (exact) mass is 357 g/mol. The van der Waals surface area contributed by atoms with Crippen LogP contribution in [0.15, 0.2) is 11.2 Å². The summed E-state index contributed by atoms with van der Waals surface area (Å²) in [5, 5.41) is 1.11. The molecule has 128 valence electrons. The van der Waals surface area contributed by atoms with E-state index in [9.17, 15) is 4.79 Å². The van der Waals surface area contributed by atoms with Crippen molar-refractivity contribution in [2.75, 3.05) is 12.3 Å². The number of aromatic nitrogens is 2. The molecule has 1 saturated heterocycles. The zero-order chi connectivity index (χ0) is 17.0. The molecule has 2 heterocycles. The van der Waals surface area contributed by atoms with Crippen LogP contribution in [0.4, 0.5) is 4.79 Å². The average Bonchev–Trinajstić information content (AvgIpc) is 2.42. The summed E-state index contributed by atoms with van der Waals surface area (Å²) in [6.45, 7) is 8.31. The molecule has 1 aliphatic rings. The number of carbonyl (C=O) groups excluding carboxylic acids is 1. The normalized spacial score (nSPS) is 18.8. The van der Waals surface area contributed by atoms with Gasteiger partial charge < -0.3 is 9.64 Å². The quantitative estimate of drug-likeness (QED) is 0.458. The summed E-state index contributed by atoms with van der Waals surface area (Å²) in [6, 6.07) is 1.88. The van der Waals surface area contributed by atoms with E-state index >= 15 is 0 Å². The number of piperidine rings is 1. The summed E-state index contributed by atoms with van der Waals surface area (Å²) >= 11 is 7.51. The molecule has 0 unspecified atom stereocenters. The minimum Gasteiger partial charge on any atom is -0.444 e. The van der Waals surface area contributed by atoms with E-state index in [0.717, 1.165) is 37.3 Å². The Labute approximate surface area is 147 Å². The molecule has 0 aliphatic carbocycles. The fraction of sp³-hybridized carbons (Fsp3) is 0.688. The van der Waals surface area contributed by atoms with E-state index in [4.69, 9.17) is 16.3 Å². The molecule has 0 spiro atoms. The second-order valence-electron chi connectivity index (χ2n) is 6.75. The molecule has 1 aromatic rings. The lowest BCUT2D eigenvalue weighted by molar-refractivity contribution is 0.0125. The molecule has 5 nitrogen and oxygen atoms in total. The van der Waals surface area contributed by atoms with Gasteiger partial charge in [-0.25, -0.2) is 14.8 Å². The molecule has 0 bridgehead atoms. The van der Waals surface area contributed by atoms with Gasteiger partial charge >= 0.3 is 6.09 Å². The van der Waals surface area contributed by atoms with Gasteiger partial charge in [0, 0.05) is 24.0 Å². The summed E-state index contributed by atoms with van der Waals surface area (Å²) in [5.41, 5.74) is 0.375. The van der Waals surface area contributed by atoms with Gasteiger partial charge in [-0.1, -0.05) is 23.4 Å². The van der Waals surface area contributed by atoms with Gasteiger partial charge in [-0.3, -0.25) is 0 Å². The highest BCUT2D eigenvalue weighted by Crippen LogP contribution is 2.26. The number of amides is 1. The van der Waals surface area contributed by atoms with Crippen molar-refractivity contribution in [3.63, 3.8) is 0 Å². The first-order chi connectivity index (χ1) is 10.7. The van der Waals surface area contributed by atoms with Crippen LogP contribution >= 0.6 is 23.4 Å². The van der Waals surface area contributed by atoms with Crippen molar-refractivity contribution in [3.8, 4) is 0 Å². The highest BCUT2D eigenvalue weighted by atomic mass is 35.5. The maximum atomic E-state index is 12.4. The van der Waals surface area contributed by atoms with Crippen molar-refractivity contribution in [2.45, 2.75) is 63.8 Å². The molecule has 0 aromatic carbocycles. The van der Waals surface area contributed by atoms with Gasteiger partial charge in [-0.15, -0.1) is 0 Å². The molecule has 1 aromatic heterocycles. The van der Waals surface area contributed by atoms with Gasteiger partial charge in [0.1, 0.15) is 10.8 Å². The van der Waals surface area contributed by atoms with Crippen LogP contribution < -0.4 is 0 Å². The number of thioether (sulfide) groups is 1. The first kappa shape index (κ1) is 18.3. The van der Waals surface area contributed by atoms with Crippen molar-refractivity contribution in [1.82, 2.24) is 14.9 Å². The van der Waals surface area contributed by atoms with Crippen LogP contribution in [0.25, 0.3) is 0 Å². The topological polar surface area (TPSA) is 55.3 Å². The van der Waals surface area contributed by atoms with Gasteiger partial charge in [0.25, 0.3) is 0 Å². The zero-order valence-corrected chi connectivity index (χ0v) is 15.7. The highest BCUT2D eigenvalue weighted by Gasteiger charge is 2.30. The van der Waals surface area contributed by atoms with E-state index in [1.54, 1.807) is 6.07 Å². The maximum absolute atomic E-state index is 12.4. The Bertz CT molecular complexity index is 542. The van der Waals surface area contributed by atoms with Crippen LogP contribution in [0.3, 0.4) is 0 Å². The van der Waals surface area contributed by atoms with Gasteiger partial charge in [0.15, 0.2) is 5.16 Å². The molecule has 7 heteroatoms. The predicted molar refractivity (Wildman–Crippen MR) is 93.1 cm³/mol. The van der Waals surface area contributed by atoms with E-state index in [1.807, 2.05) is 32.6 Å². The van der Waals surface area contributed by atoms with Gasteiger partial charge in [-0.2, -0.15) is 0 Å². The fourth-order valence-corrected chi connectivity index (χ4v) is 3.82. The minimum atomic E-state index is -0.473. The van der Waals surface area contributed by atoms with Crippen molar-refractivity contribution >= 4 is 29.5 Å². The van der Waals surface area contributed by atoms with Crippen LogP contribution in [0.2, 0.25) is 5.15 Å². The molecule has 1 fully saturated rings. The zero-order valence-electron chi connectivity index (χ0n) is 14.1. The van der Waals surface area contributed by atoms with Gasteiger partial charge in [0.05, 0.1) is 0 Å². The van der Waals surface area contributed by atoms with Crippen LogP contribution in [-0.2, 0) is 4.74 Å². The van der Waals surface area contributed by atoms with E-state index in [2.05, 4.69) is 9.97 Å². The first-order valence-electron chi connectivity index (χ1n) is 7.88. The third-order valence-electron chi connectivity index (χ3n) is 3.46.